The number of anilines is 1. The Balaban J connectivity index is 1.75. The zero-order valence-corrected chi connectivity index (χ0v) is 17.8. The highest BCUT2D eigenvalue weighted by atomic mass is 127. The Kier molecular flexibility index (Phi) is 6.28. The highest BCUT2D eigenvalue weighted by molar-refractivity contribution is 14.1. The van der Waals surface area contributed by atoms with Crippen LogP contribution in [-0.4, -0.2) is 19.2 Å². The van der Waals surface area contributed by atoms with Crippen LogP contribution in [0.1, 0.15) is 9.49 Å². The van der Waals surface area contributed by atoms with E-state index in [1.54, 1.807) is 0 Å². The number of hydrogen-bond donors (Lipinski definition) is 1. The number of non-ortho nitro benzene ring substituents is 1. The highest BCUT2D eigenvalue weighted by Gasteiger charge is 2.20. The van der Waals surface area contributed by atoms with Gasteiger partial charge >= 0.3 is 0 Å². The molecule has 0 fully saturated rings. The van der Waals surface area contributed by atoms with Crippen LogP contribution in [0.4, 0.5) is 11.4 Å². The summed E-state index contributed by atoms with van der Waals surface area (Å²) in [6.45, 7) is 0. The molecule has 0 spiro atoms. The van der Waals surface area contributed by atoms with Crippen LogP contribution in [-0.2, 0) is 14.6 Å². The average Bonchev–Trinajstić information content (AvgIpc) is 2.74. The summed E-state index contributed by atoms with van der Waals surface area (Å²) in [5, 5.41) is 13.5. The van der Waals surface area contributed by atoms with Crippen molar-refractivity contribution in [1.82, 2.24) is 0 Å². The number of sulfone groups is 1. The molecule has 0 aromatic heterocycles. The summed E-state index contributed by atoms with van der Waals surface area (Å²) in [5.41, 5.74) is 1.15. The lowest BCUT2D eigenvalue weighted by Gasteiger charge is -2.12. The number of carbonyl (C=O) groups excluding carboxylic acids is 1. The molecule has 0 saturated carbocycles. The quantitative estimate of drug-likeness (QED) is 0.222. The third-order valence-electron chi connectivity index (χ3n) is 4.11. The molecule has 0 heterocycles. The molecule has 1 amide bonds. The number of nitrogens with one attached hydrogen (secondary N) is 1. The van der Waals surface area contributed by atoms with Gasteiger partial charge in [0.15, 0.2) is 0 Å². The molecule has 0 aliphatic heterocycles. The first-order valence-electron chi connectivity index (χ1n) is 8.38. The molecule has 0 saturated heterocycles. The number of amides is 1. The Morgan fingerprint density at radius 2 is 1.41 bits per heavy atom. The van der Waals surface area contributed by atoms with E-state index in [9.17, 15) is 23.3 Å². The molecule has 0 aliphatic carbocycles. The minimum Gasteiger partial charge on any atom is -0.325 e. The standard InChI is InChI=1S/C20H15IN2O5S/c21-19(14-4-2-1-3-5-14)20(24)22-15-6-10-17(11-7-15)29(27,28)18-12-8-16(9-13-18)23(25)26/h1-13,19H,(H,22,24). The Morgan fingerprint density at radius 1 is 0.897 bits per heavy atom. The number of nitro benzene ring substituents is 1. The van der Waals surface area contributed by atoms with E-state index in [0.717, 1.165) is 17.7 Å². The largest absolute Gasteiger partial charge is 0.325 e. The van der Waals surface area contributed by atoms with Crippen molar-refractivity contribution in [2.45, 2.75) is 13.7 Å². The van der Waals surface area contributed by atoms with Crippen molar-refractivity contribution in [3.63, 3.8) is 0 Å². The predicted octanol–water partition coefficient (Wildman–Crippen LogP) is 4.54. The van der Waals surface area contributed by atoms with Crippen molar-refractivity contribution >= 4 is 49.7 Å². The summed E-state index contributed by atoms with van der Waals surface area (Å²) in [6.07, 6.45) is 0. The van der Waals surface area contributed by atoms with Gasteiger partial charge in [0.1, 0.15) is 3.92 Å². The molecule has 0 bridgehead atoms. The summed E-state index contributed by atoms with van der Waals surface area (Å²) >= 11 is 2.04. The number of benzene rings is 3. The van der Waals surface area contributed by atoms with Crippen LogP contribution in [0, 0.1) is 10.1 Å². The van der Waals surface area contributed by atoms with Gasteiger partial charge in [-0.3, -0.25) is 14.9 Å². The molecular weight excluding hydrogens is 507 g/mol. The van der Waals surface area contributed by atoms with Gasteiger partial charge in [-0.15, -0.1) is 0 Å². The van der Waals surface area contributed by atoms with Crippen molar-refractivity contribution in [2.24, 2.45) is 0 Å². The van der Waals surface area contributed by atoms with Crippen LogP contribution in [0.25, 0.3) is 0 Å². The summed E-state index contributed by atoms with van der Waals surface area (Å²) in [6, 6.07) is 19.8. The molecule has 1 N–H and O–H groups in total. The second kappa shape index (κ2) is 8.70. The zero-order chi connectivity index (χ0) is 21.0. The topological polar surface area (TPSA) is 106 Å². The lowest BCUT2D eigenvalue weighted by atomic mass is 10.1. The van der Waals surface area contributed by atoms with Gasteiger partial charge in [0, 0.05) is 17.8 Å². The third kappa shape index (κ3) is 4.80. The van der Waals surface area contributed by atoms with Crippen molar-refractivity contribution in [3.05, 3.63) is 94.5 Å². The fourth-order valence-electron chi connectivity index (χ4n) is 2.58. The molecule has 29 heavy (non-hydrogen) atoms. The molecular formula is C20H15IN2O5S. The maximum Gasteiger partial charge on any atom is 0.269 e. The number of hydrogen-bond acceptors (Lipinski definition) is 5. The van der Waals surface area contributed by atoms with E-state index >= 15 is 0 Å². The fourth-order valence-corrected chi connectivity index (χ4v) is 4.41. The van der Waals surface area contributed by atoms with Gasteiger partial charge in [-0.25, -0.2) is 8.42 Å². The van der Waals surface area contributed by atoms with Crippen LogP contribution in [0.5, 0.6) is 0 Å². The predicted molar refractivity (Wildman–Crippen MR) is 117 cm³/mol. The minimum absolute atomic E-state index is 0.0263. The number of rotatable bonds is 6. The van der Waals surface area contributed by atoms with E-state index in [2.05, 4.69) is 5.32 Å². The lowest BCUT2D eigenvalue weighted by molar-refractivity contribution is -0.384. The van der Waals surface area contributed by atoms with Gasteiger partial charge in [0.2, 0.25) is 15.7 Å². The maximum atomic E-state index is 12.7. The molecule has 3 aromatic carbocycles. The molecule has 148 valence electrons. The number of nitrogens with zero attached hydrogens (tertiary/aromatic N) is 1. The molecule has 1 unspecified atom stereocenters. The summed E-state index contributed by atoms with van der Waals surface area (Å²) in [4.78, 5) is 22.5. The van der Waals surface area contributed by atoms with Crippen molar-refractivity contribution in [1.29, 1.82) is 0 Å². The normalized spacial score (nSPS) is 12.2. The van der Waals surface area contributed by atoms with E-state index in [4.69, 9.17) is 0 Å². The van der Waals surface area contributed by atoms with Gasteiger partial charge in [-0.1, -0.05) is 52.9 Å². The van der Waals surface area contributed by atoms with Crippen LogP contribution >= 0.6 is 22.6 Å². The first-order valence-corrected chi connectivity index (χ1v) is 11.1. The van der Waals surface area contributed by atoms with E-state index in [1.165, 1.54) is 36.4 Å². The fraction of sp³-hybridized carbons (Fsp3) is 0.0500. The Hall–Kier alpha value is -2.79. The van der Waals surface area contributed by atoms with Crippen LogP contribution in [0.2, 0.25) is 0 Å². The van der Waals surface area contributed by atoms with Crippen molar-refractivity contribution < 1.29 is 18.1 Å². The van der Waals surface area contributed by atoms with E-state index in [1.807, 2.05) is 52.9 Å². The average molecular weight is 522 g/mol. The Labute approximate surface area is 181 Å². The summed E-state index contributed by atoms with van der Waals surface area (Å²) in [5.74, 6) is -0.220. The third-order valence-corrected chi connectivity index (χ3v) is 7.18. The van der Waals surface area contributed by atoms with Crippen molar-refractivity contribution in [3.8, 4) is 0 Å². The number of halogens is 1. The smallest absolute Gasteiger partial charge is 0.269 e. The number of alkyl halides is 1. The zero-order valence-electron chi connectivity index (χ0n) is 14.9. The first kappa shape index (κ1) is 20.9. The molecule has 9 heteroatoms. The van der Waals surface area contributed by atoms with Crippen LogP contribution in [0.3, 0.4) is 0 Å². The van der Waals surface area contributed by atoms with Gasteiger partial charge in [-0.05, 0) is 42.0 Å². The molecule has 0 radical (unpaired) electrons. The van der Waals surface area contributed by atoms with Gasteiger partial charge in [-0.2, -0.15) is 0 Å². The SMILES string of the molecule is O=C(Nc1ccc(S(=O)(=O)c2ccc([N+](=O)[O-])cc2)cc1)C(I)c1ccccc1. The minimum atomic E-state index is -3.82. The maximum absolute atomic E-state index is 12.7. The molecule has 3 aromatic rings. The highest BCUT2D eigenvalue weighted by Crippen LogP contribution is 2.27. The van der Waals surface area contributed by atoms with E-state index < -0.39 is 18.7 Å². The first-order chi connectivity index (χ1) is 13.8. The molecule has 0 aliphatic rings. The summed E-state index contributed by atoms with van der Waals surface area (Å²) in [7, 11) is -3.82. The Morgan fingerprint density at radius 3 is 1.93 bits per heavy atom. The van der Waals surface area contributed by atoms with Crippen LogP contribution in [0.15, 0.2) is 88.7 Å². The van der Waals surface area contributed by atoms with Crippen molar-refractivity contribution in [2.75, 3.05) is 5.32 Å². The van der Waals surface area contributed by atoms with Gasteiger partial charge in [0.25, 0.3) is 5.69 Å². The van der Waals surface area contributed by atoms with Crippen LogP contribution < -0.4 is 5.32 Å². The van der Waals surface area contributed by atoms with E-state index in [-0.39, 0.29) is 21.4 Å². The molecule has 1 atom stereocenters. The Bertz CT molecular complexity index is 1130. The number of nitro groups is 1. The van der Waals surface area contributed by atoms with Gasteiger partial charge in [0.05, 0.1) is 14.7 Å². The second-order valence-electron chi connectivity index (χ2n) is 6.04. The second-order valence-corrected chi connectivity index (χ2v) is 9.24. The van der Waals surface area contributed by atoms with E-state index in [0.29, 0.717) is 5.69 Å². The van der Waals surface area contributed by atoms with Gasteiger partial charge < -0.3 is 5.32 Å². The molecule has 7 nitrogen and oxygen atoms in total. The lowest BCUT2D eigenvalue weighted by Crippen LogP contribution is -2.16. The number of carbonyl (C=O) groups is 1. The summed E-state index contributed by atoms with van der Waals surface area (Å²) < 4.78 is 25.0. The monoisotopic (exact) mass is 522 g/mol. The molecule has 3 rings (SSSR count).